The van der Waals surface area contributed by atoms with Crippen LogP contribution in [0, 0.1) is 5.92 Å². The van der Waals surface area contributed by atoms with Crippen molar-refractivity contribution in [2.45, 2.75) is 128 Å². The molecule has 1 aromatic carbocycles. The van der Waals surface area contributed by atoms with Crippen molar-refractivity contribution in [1.82, 2.24) is 42.5 Å². The molecular formula is C41H64N12O14. The molecule has 0 saturated carbocycles. The number of nitrogens with one attached hydrogen (secondary N) is 8. The summed E-state index contributed by atoms with van der Waals surface area (Å²) in [7, 11) is 0. The molecular weight excluding hydrogens is 885 g/mol. The molecule has 0 unspecified atom stereocenters. The number of hydrogen-bond acceptors (Lipinski definition) is 13. The summed E-state index contributed by atoms with van der Waals surface area (Å²) in [6, 6.07) is -2.53. The van der Waals surface area contributed by atoms with Crippen molar-refractivity contribution >= 4 is 71.1 Å². The molecule has 1 aromatic rings. The van der Waals surface area contributed by atoms with Crippen LogP contribution in [-0.2, 0) is 59.2 Å². The third-order valence-corrected chi connectivity index (χ3v) is 9.47. The van der Waals surface area contributed by atoms with Crippen LogP contribution in [-0.4, -0.2) is 148 Å². The Hall–Kier alpha value is -7.38. The van der Waals surface area contributed by atoms with Crippen LogP contribution in [0.5, 0.6) is 0 Å². The number of nitrogens with zero attached hydrogens (tertiary/aromatic N) is 1. The zero-order valence-electron chi connectivity index (χ0n) is 38.0. The summed E-state index contributed by atoms with van der Waals surface area (Å²) in [6.07, 6.45) is -2.02. The van der Waals surface area contributed by atoms with Gasteiger partial charge in [-0.1, -0.05) is 44.2 Å². The first kappa shape index (κ1) is 57.6. The van der Waals surface area contributed by atoms with E-state index in [4.69, 9.17) is 22.3 Å². The molecule has 67 heavy (non-hydrogen) atoms. The number of guanidine groups is 1. The van der Waals surface area contributed by atoms with Gasteiger partial charge in [0, 0.05) is 19.4 Å². The predicted molar refractivity (Wildman–Crippen MR) is 238 cm³/mol. The first-order chi connectivity index (χ1) is 31.3. The molecule has 0 aromatic heterocycles. The second kappa shape index (κ2) is 29.2. The fraction of sp³-hybridized carbons (Fsp3) is 0.561. The first-order valence-corrected chi connectivity index (χ1v) is 21.2. The minimum absolute atomic E-state index is 0.0117. The Kier molecular flexibility index (Phi) is 25.1. The zero-order chi connectivity index (χ0) is 51.0. The molecule has 1 rings (SSSR count). The van der Waals surface area contributed by atoms with E-state index in [1.807, 2.05) is 5.32 Å². The van der Waals surface area contributed by atoms with Gasteiger partial charge >= 0.3 is 17.9 Å². The second-order valence-electron chi connectivity index (χ2n) is 16.0. The number of aliphatic carboxylic acids is 3. The highest BCUT2D eigenvalue weighted by atomic mass is 16.4. The van der Waals surface area contributed by atoms with Crippen LogP contribution in [0.4, 0.5) is 0 Å². The Morgan fingerprint density at radius 3 is 1.61 bits per heavy atom. The monoisotopic (exact) mass is 948 g/mol. The van der Waals surface area contributed by atoms with Crippen LogP contribution in [0.15, 0.2) is 35.3 Å². The average Bonchev–Trinajstić information content (AvgIpc) is 3.23. The number of carbonyl (C=O) groups excluding carboxylic acids is 8. The molecule has 0 radical (unpaired) electrons. The van der Waals surface area contributed by atoms with Crippen LogP contribution in [0.25, 0.3) is 0 Å². The fourth-order valence-electron chi connectivity index (χ4n) is 5.91. The third kappa shape index (κ3) is 23.4. The van der Waals surface area contributed by atoms with E-state index in [9.17, 15) is 63.0 Å². The van der Waals surface area contributed by atoms with Crippen LogP contribution < -0.4 is 59.7 Å². The SMILES string of the molecule is CC(C)C[C@H](NC(=O)CNC(=O)[C@H](CCCN=C(N)N)NC(=O)[C@H](CCC(=O)O)NC(=O)[C@H](C)NC(=O)[C@H](C)N)C(=O)N[C@@H](Cc1ccccc1)C(=O)N[C@@H](C)C(=O)N[C@@H](CC(=O)O)C(=O)O. The summed E-state index contributed by atoms with van der Waals surface area (Å²) in [6.45, 7) is 6.67. The zero-order valence-corrected chi connectivity index (χ0v) is 38.0. The van der Waals surface area contributed by atoms with Gasteiger partial charge in [0.15, 0.2) is 5.96 Å². The summed E-state index contributed by atoms with van der Waals surface area (Å²) >= 11 is 0. The standard InChI is InChI=1S/C41H64N12O14/c1-20(2)16-27(39(65)52-28(17-24-10-7-6-8-11-24)38(64)48-23(5)35(61)53-29(40(66)67)18-32(57)58)49-30(54)19-46-36(62)25(12-9-15-45-41(43)44)51-37(63)26(13-14-31(55)56)50-34(60)22(4)47-33(59)21(3)42/h6-8,10-11,20-23,25-29H,9,12-19,42H2,1-5H3,(H,46,62)(H,47,59)(H,48,64)(H,49,54)(H,50,60)(H,51,63)(H,52,65)(H,53,61)(H,55,56)(H,57,58)(H,66,67)(H4,43,44,45)/t21-,22-,23-,25-,26-,27-,28-,29-/m0/s1. The lowest BCUT2D eigenvalue weighted by atomic mass is 10.0. The Morgan fingerprint density at radius 2 is 1.09 bits per heavy atom. The smallest absolute Gasteiger partial charge is 0.326 e. The lowest BCUT2D eigenvalue weighted by Gasteiger charge is -2.26. The molecule has 0 aliphatic carbocycles. The largest absolute Gasteiger partial charge is 0.481 e. The number of nitrogens with two attached hydrogens (primary N) is 3. The lowest BCUT2D eigenvalue weighted by molar-refractivity contribution is -0.147. The summed E-state index contributed by atoms with van der Waals surface area (Å²) in [5.74, 6) is -11.9. The van der Waals surface area contributed by atoms with E-state index in [1.54, 1.807) is 44.2 Å². The number of carboxylic acids is 3. The van der Waals surface area contributed by atoms with Crippen LogP contribution >= 0.6 is 0 Å². The molecule has 0 spiro atoms. The van der Waals surface area contributed by atoms with E-state index in [0.717, 1.165) is 0 Å². The Bertz CT molecular complexity index is 1940. The summed E-state index contributed by atoms with van der Waals surface area (Å²) < 4.78 is 0. The topological polar surface area (TPSA) is 435 Å². The van der Waals surface area contributed by atoms with Gasteiger partial charge in [0.1, 0.15) is 42.3 Å². The van der Waals surface area contributed by atoms with E-state index >= 15 is 0 Å². The number of benzene rings is 1. The molecule has 372 valence electrons. The van der Waals surface area contributed by atoms with E-state index in [-0.39, 0.29) is 44.1 Å². The molecule has 0 aliphatic rings. The normalized spacial score (nSPS) is 14.4. The van der Waals surface area contributed by atoms with Crippen molar-refractivity contribution < 1.29 is 68.1 Å². The van der Waals surface area contributed by atoms with Gasteiger partial charge in [0.25, 0.3) is 0 Å². The molecule has 8 amide bonds. The first-order valence-electron chi connectivity index (χ1n) is 21.2. The van der Waals surface area contributed by atoms with E-state index in [1.165, 1.54) is 20.8 Å². The molecule has 26 heteroatoms. The fourth-order valence-corrected chi connectivity index (χ4v) is 5.91. The number of carboxylic acid groups (broad SMARTS) is 3. The molecule has 0 heterocycles. The maximum absolute atomic E-state index is 13.8. The van der Waals surface area contributed by atoms with Crippen molar-refractivity contribution in [2.24, 2.45) is 28.1 Å². The van der Waals surface area contributed by atoms with Crippen LogP contribution in [0.3, 0.4) is 0 Å². The summed E-state index contributed by atoms with van der Waals surface area (Å²) in [5, 5.41) is 46.7. The van der Waals surface area contributed by atoms with Crippen LogP contribution in [0.2, 0.25) is 0 Å². The highest BCUT2D eigenvalue weighted by Gasteiger charge is 2.33. The third-order valence-electron chi connectivity index (χ3n) is 9.47. The van der Waals surface area contributed by atoms with Gasteiger partial charge in [-0.05, 0) is 57.9 Å². The molecule has 0 bridgehead atoms. The molecule has 0 aliphatic heterocycles. The van der Waals surface area contributed by atoms with Crippen LogP contribution in [0.1, 0.15) is 78.7 Å². The summed E-state index contributed by atoms with van der Waals surface area (Å²) in [5.41, 5.74) is 16.9. The van der Waals surface area contributed by atoms with Gasteiger partial charge in [0.2, 0.25) is 47.3 Å². The Morgan fingerprint density at radius 1 is 0.582 bits per heavy atom. The Labute approximate surface area is 386 Å². The van der Waals surface area contributed by atoms with Gasteiger partial charge in [-0.3, -0.25) is 52.9 Å². The number of rotatable bonds is 30. The molecule has 17 N–H and O–H groups in total. The maximum atomic E-state index is 13.8. The maximum Gasteiger partial charge on any atom is 0.326 e. The Balaban J connectivity index is 3.26. The van der Waals surface area contributed by atoms with Crippen molar-refractivity contribution in [2.75, 3.05) is 13.1 Å². The second-order valence-corrected chi connectivity index (χ2v) is 16.0. The van der Waals surface area contributed by atoms with Gasteiger partial charge in [0.05, 0.1) is 19.0 Å². The molecule has 0 fully saturated rings. The predicted octanol–water partition coefficient (Wildman–Crippen LogP) is -4.35. The lowest BCUT2D eigenvalue weighted by Crippen LogP contribution is -2.58. The van der Waals surface area contributed by atoms with Gasteiger partial charge in [-0.15, -0.1) is 0 Å². The highest BCUT2D eigenvalue weighted by molar-refractivity contribution is 5.97. The molecule has 8 atom stereocenters. The van der Waals surface area contributed by atoms with Crippen molar-refractivity contribution in [3.8, 4) is 0 Å². The quantitative estimate of drug-likeness (QED) is 0.0197. The van der Waals surface area contributed by atoms with Crippen molar-refractivity contribution in [1.29, 1.82) is 0 Å². The number of carbonyl (C=O) groups is 11. The summed E-state index contributed by atoms with van der Waals surface area (Å²) in [4.78, 5) is 143. The highest BCUT2D eigenvalue weighted by Crippen LogP contribution is 2.10. The molecule has 26 nitrogen and oxygen atoms in total. The van der Waals surface area contributed by atoms with Gasteiger partial charge in [-0.2, -0.15) is 0 Å². The average molecular weight is 949 g/mol. The minimum atomic E-state index is -1.80. The van der Waals surface area contributed by atoms with E-state index in [2.05, 4.69) is 42.2 Å². The van der Waals surface area contributed by atoms with E-state index in [0.29, 0.717) is 5.56 Å². The number of amides is 8. The van der Waals surface area contributed by atoms with Gasteiger partial charge < -0.3 is 75.1 Å². The minimum Gasteiger partial charge on any atom is -0.481 e. The van der Waals surface area contributed by atoms with Crippen molar-refractivity contribution in [3.63, 3.8) is 0 Å². The van der Waals surface area contributed by atoms with Gasteiger partial charge in [-0.25, -0.2) is 4.79 Å². The number of hydrogen-bond donors (Lipinski definition) is 14. The number of aliphatic imine (C=N–C) groups is 1. The molecule has 0 saturated heterocycles. The van der Waals surface area contributed by atoms with Crippen molar-refractivity contribution in [3.05, 3.63) is 35.9 Å². The van der Waals surface area contributed by atoms with E-state index < -0.39 is 139 Å².